The molecule has 1 fully saturated rings. The zero-order valence-corrected chi connectivity index (χ0v) is 18.0. The molecule has 0 saturated carbocycles. The number of rotatable bonds is 7. The number of hydrogen-bond acceptors (Lipinski definition) is 8. The number of allylic oxidation sites excluding steroid dienone is 1. The normalized spacial score (nSPS) is 15.0. The molecule has 0 spiro atoms. The number of aliphatic imine (C=N–C) groups is 1. The van der Waals surface area contributed by atoms with Crippen LogP contribution in [0.15, 0.2) is 41.8 Å². The second-order valence-electron chi connectivity index (χ2n) is 7.08. The smallest absolute Gasteiger partial charge is 0.320 e. The van der Waals surface area contributed by atoms with Crippen molar-refractivity contribution < 1.29 is 4.79 Å². The van der Waals surface area contributed by atoms with Gasteiger partial charge in [-0.15, -0.1) is 0 Å². The lowest BCUT2D eigenvalue weighted by atomic mass is 10.2. The summed E-state index contributed by atoms with van der Waals surface area (Å²) >= 11 is 0. The monoisotopic (exact) mass is 423 g/mol. The predicted molar refractivity (Wildman–Crippen MR) is 123 cm³/mol. The summed E-state index contributed by atoms with van der Waals surface area (Å²) in [6.07, 6.45) is 6.22. The van der Waals surface area contributed by atoms with Crippen molar-refractivity contribution in [2.24, 2.45) is 10.7 Å². The van der Waals surface area contributed by atoms with Crippen LogP contribution in [0.2, 0.25) is 0 Å². The molecule has 164 valence electrons. The lowest BCUT2D eigenvalue weighted by Gasteiger charge is -2.36. The molecule has 1 saturated heterocycles. The number of aromatic nitrogens is 3. The van der Waals surface area contributed by atoms with E-state index < -0.39 is 0 Å². The largest absolute Gasteiger partial charge is 0.405 e. The van der Waals surface area contributed by atoms with E-state index in [1.807, 2.05) is 26.0 Å². The topological polar surface area (TPSA) is 125 Å². The molecule has 0 radical (unpaired) electrons. The first-order valence-corrected chi connectivity index (χ1v) is 10.3. The van der Waals surface area contributed by atoms with Gasteiger partial charge in [-0.05, 0) is 38.3 Å². The number of nitrogens with two attached hydrogens (primary N) is 1. The number of amides is 2. The number of pyridine rings is 1. The summed E-state index contributed by atoms with van der Waals surface area (Å²) in [5.74, 6) is 1.17. The molecule has 2 aromatic rings. The lowest BCUT2D eigenvalue weighted by molar-refractivity contribution is 0.247. The number of hydrogen-bond donors (Lipinski definition) is 3. The van der Waals surface area contributed by atoms with Gasteiger partial charge in [-0.1, -0.05) is 0 Å². The maximum absolute atomic E-state index is 11.7. The Morgan fingerprint density at radius 2 is 2.06 bits per heavy atom. The molecular weight excluding hydrogens is 394 g/mol. The van der Waals surface area contributed by atoms with Crippen LogP contribution in [0, 0.1) is 6.92 Å². The van der Waals surface area contributed by atoms with Gasteiger partial charge in [0.15, 0.2) is 5.82 Å². The van der Waals surface area contributed by atoms with Gasteiger partial charge in [0.05, 0.1) is 17.1 Å². The Kier molecular flexibility index (Phi) is 7.88. The van der Waals surface area contributed by atoms with E-state index in [1.165, 1.54) is 12.5 Å². The highest BCUT2D eigenvalue weighted by atomic mass is 16.2. The molecule has 10 nitrogen and oxygen atoms in total. The minimum atomic E-state index is -0.266. The Bertz CT molecular complexity index is 936. The highest BCUT2D eigenvalue weighted by molar-refractivity contribution is 5.88. The Balaban J connectivity index is 1.55. The fourth-order valence-electron chi connectivity index (χ4n) is 3.37. The summed E-state index contributed by atoms with van der Waals surface area (Å²) in [7, 11) is 0. The average Bonchev–Trinajstić information content (AvgIpc) is 2.75. The number of nitrogens with zero attached hydrogens (tertiary/aromatic N) is 6. The van der Waals surface area contributed by atoms with Crippen molar-refractivity contribution in [1.82, 2.24) is 25.2 Å². The molecule has 0 aliphatic carbocycles. The third kappa shape index (κ3) is 6.48. The van der Waals surface area contributed by atoms with Gasteiger partial charge in [0, 0.05) is 51.5 Å². The zero-order chi connectivity index (χ0) is 22.1. The molecule has 0 unspecified atom stereocenters. The van der Waals surface area contributed by atoms with E-state index in [1.54, 1.807) is 12.3 Å². The van der Waals surface area contributed by atoms with E-state index in [0.29, 0.717) is 24.7 Å². The van der Waals surface area contributed by atoms with Crippen molar-refractivity contribution in [3.63, 3.8) is 0 Å². The van der Waals surface area contributed by atoms with E-state index in [2.05, 4.69) is 46.4 Å². The molecule has 0 bridgehead atoms. The van der Waals surface area contributed by atoms with Gasteiger partial charge in [0.2, 0.25) is 0 Å². The Morgan fingerprint density at radius 3 is 2.77 bits per heavy atom. The van der Waals surface area contributed by atoms with Crippen molar-refractivity contribution in [3.05, 3.63) is 48.2 Å². The van der Waals surface area contributed by atoms with Gasteiger partial charge in [0.1, 0.15) is 12.1 Å². The third-order valence-electron chi connectivity index (χ3n) is 4.85. The average molecular weight is 424 g/mol. The molecule has 31 heavy (non-hydrogen) atoms. The summed E-state index contributed by atoms with van der Waals surface area (Å²) < 4.78 is 0. The van der Waals surface area contributed by atoms with Gasteiger partial charge in [-0.3, -0.25) is 10.2 Å². The Labute approximate surface area is 182 Å². The number of aryl methyl sites for hydroxylation is 1. The van der Waals surface area contributed by atoms with Crippen LogP contribution in [0.1, 0.15) is 18.3 Å². The lowest BCUT2D eigenvalue weighted by Crippen LogP contribution is -2.46. The predicted octanol–water partition coefficient (Wildman–Crippen LogP) is 1.82. The molecule has 0 atom stereocenters. The Morgan fingerprint density at radius 1 is 1.26 bits per heavy atom. The molecule has 3 rings (SSSR count). The molecule has 2 amide bonds. The summed E-state index contributed by atoms with van der Waals surface area (Å²) in [5.41, 5.74) is 8.27. The number of carbonyl (C=O) groups is 1. The van der Waals surface area contributed by atoms with Crippen molar-refractivity contribution in [3.8, 4) is 0 Å². The van der Waals surface area contributed by atoms with Crippen LogP contribution in [0.5, 0.6) is 0 Å². The van der Waals surface area contributed by atoms with Crippen LogP contribution in [0.4, 0.5) is 22.1 Å². The van der Waals surface area contributed by atoms with Crippen molar-refractivity contribution in [2.45, 2.75) is 20.4 Å². The highest BCUT2D eigenvalue weighted by Gasteiger charge is 2.19. The molecule has 4 N–H and O–H groups in total. The number of nitrogens with one attached hydrogen (secondary N) is 2. The van der Waals surface area contributed by atoms with Gasteiger partial charge in [-0.2, -0.15) is 0 Å². The van der Waals surface area contributed by atoms with Gasteiger partial charge in [0.25, 0.3) is 0 Å². The van der Waals surface area contributed by atoms with Crippen LogP contribution in [-0.2, 0) is 6.54 Å². The van der Waals surface area contributed by atoms with Crippen molar-refractivity contribution in [2.75, 3.05) is 42.9 Å². The highest BCUT2D eigenvalue weighted by Crippen LogP contribution is 2.23. The van der Waals surface area contributed by atoms with Crippen LogP contribution < -0.4 is 21.3 Å². The molecule has 1 aliphatic rings. The molecule has 2 aromatic heterocycles. The van der Waals surface area contributed by atoms with E-state index in [4.69, 9.17) is 5.73 Å². The molecular formula is C21H29N9O. The van der Waals surface area contributed by atoms with E-state index in [-0.39, 0.29) is 6.03 Å². The standard InChI is InChI=1S/C21H29N9O/c1-3-23-21(31)28-20-13-17(25-15-26-20)14-29-9-11-30(12-10-29)18-5-6-19(27-16(18)2)24-8-4-7-22/h4-8,13,15H,3,9-12,14,22H2,1-2H3,(H2,23,25,26,28,31)/b7-4-,24-8?. The quantitative estimate of drug-likeness (QED) is 0.580. The van der Waals surface area contributed by atoms with E-state index in [9.17, 15) is 4.79 Å². The number of urea groups is 1. The van der Waals surface area contributed by atoms with Crippen LogP contribution in [0.25, 0.3) is 0 Å². The molecule has 0 aromatic carbocycles. The van der Waals surface area contributed by atoms with Crippen LogP contribution >= 0.6 is 0 Å². The SMILES string of the molecule is CCNC(=O)Nc1cc(CN2CCN(c3ccc(N=C/C=C\N)nc3C)CC2)ncn1. The maximum atomic E-state index is 11.7. The van der Waals surface area contributed by atoms with Crippen molar-refractivity contribution >= 4 is 29.6 Å². The van der Waals surface area contributed by atoms with Crippen LogP contribution in [0.3, 0.4) is 0 Å². The van der Waals surface area contributed by atoms with Crippen molar-refractivity contribution in [1.29, 1.82) is 0 Å². The molecule has 3 heterocycles. The Hall–Kier alpha value is -3.53. The summed E-state index contributed by atoms with van der Waals surface area (Å²) in [5, 5.41) is 5.41. The minimum absolute atomic E-state index is 0.266. The summed E-state index contributed by atoms with van der Waals surface area (Å²) in [4.78, 5) is 33.7. The number of carbonyl (C=O) groups excluding carboxylic acids is 1. The summed E-state index contributed by atoms with van der Waals surface area (Å²) in [6, 6.07) is 5.53. The maximum Gasteiger partial charge on any atom is 0.320 e. The molecule has 10 heteroatoms. The third-order valence-corrected chi connectivity index (χ3v) is 4.85. The first kappa shape index (κ1) is 22.2. The molecule has 1 aliphatic heterocycles. The van der Waals surface area contributed by atoms with Gasteiger partial charge in [-0.25, -0.2) is 24.7 Å². The number of anilines is 2. The first-order chi connectivity index (χ1) is 15.1. The number of piperazine rings is 1. The van der Waals surface area contributed by atoms with Crippen LogP contribution in [-0.4, -0.2) is 64.8 Å². The fraction of sp³-hybridized carbons (Fsp3) is 0.381. The second-order valence-corrected chi connectivity index (χ2v) is 7.08. The van der Waals surface area contributed by atoms with Gasteiger partial charge < -0.3 is 16.0 Å². The fourth-order valence-corrected chi connectivity index (χ4v) is 3.37. The zero-order valence-electron chi connectivity index (χ0n) is 18.0. The van der Waals surface area contributed by atoms with E-state index >= 15 is 0 Å². The summed E-state index contributed by atoms with van der Waals surface area (Å²) in [6.45, 7) is 8.75. The van der Waals surface area contributed by atoms with Gasteiger partial charge >= 0.3 is 6.03 Å². The second kappa shape index (κ2) is 11.0. The minimum Gasteiger partial charge on any atom is -0.405 e. The van der Waals surface area contributed by atoms with E-state index in [0.717, 1.165) is 43.3 Å². The first-order valence-electron chi connectivity index (χ1n) is 10.3.